The second-order valence-electron chi connectivity index (χ2n) is 3.47. The van der Waals surface area contributed by atoms with Gasteiger partial charge in [0.25, 0.3) is 0 Å². The number of Topliss-reactive ketones (excluding diaryl/α,β-unsaturated/α-hetero) is 1. The van der Waals surface area contributed by atoms with Gasteiger partial charge in [-0.25, -0.2) is 0 Å². The molecule has 0 aliphatic rings. The molecule has 0 bridgehead atoms. The molecule has 0 atom stereocenters. The number of hydrogen-bond acceptors (Lipinski definition) is 3. The molecule has 0 unspecified atom stereocenters. The number of carbonyl (C=O) groups is 2. The first-order chi connectivity index (χ1) is 7.10. The summed E-state index contributed by atoms with van der Waals surface area (Å²) in [6, 6.07) is 1.33. The second kappa shape index (κ2) is 4.77. The van der Waals surface area contributed by atoms with E-state index in [-0.39, 0.29) is 17.4 Å². The highest BCUT2D eigenvalue weighted by atomic mass is 16.4. The van der Waals surface area contributed by atoms with Gasteiger partial charge in [-0.1, -0.05) is 13.8 Å². The number of H-pyrrole nitrogens is 1. The number of hydrogen-bond donors (Lipinski definition) is 1. The van der Waals surface area contributed by atoms with E-state index in [1.165, 1.54) is 12.3 Å². The third kappa shape index (κ3) is 2.46. The molecule has 1 N–H and O–H groups in total. The predicted octanol–water partition coefficient (Wildman–Crippen LogP) is 0.997. The first kappa shape index (κ1) is 11.5. The molecule has 1 aromatic heterocycles. The normalized spacial score (nSPS) is 10.6. The van der Waals surface area contributed by atoms with Crippen molar-refractivity contribution in [2.24, 2.45) is 5.92 Å². The Kier molecular flexibility index (Phi) is 3.66. The van der Waals surface area contributed by atoms with Gasteiger partial charge < -0.3 is 14.9 Å². The molecule has 0 spiro atoms. The standard InChI is InChI=1S/C11H15NO3/c1-3-7(4-2)10(13)8-5-9(11(14)15)12-6-8/h5-7,12H,3-4H2,1-2H3,(H,14,15)/p-1. The Morgan fingerprint density at radius 3 is 2.40 bits per heavy atom. The van der Waals surface area contributed by atoms with Crippen LogP contribution in [0, 0.1) is 5.92 Å². The summed E-state index contributed by atoms with van der Waals surface area (Å²) in [4.78, 5) is 24.8. The van der Waals surface area contributed by atoms with Crippen LogP contribution in [0.1, 0.15) is 47.5 Å². The minimum atomic E-state index is -1.29. The van der Waals surface area contributed by atoms with Crippen molar-refractivity contribution in [1.29, 1.82) is 0 Å². The zero-order chi connectivity index (χ0) is 11.4. The van der Waals surface area contributed by atoms with Crippen LogP contribution in [0.25, 0.3) is 0 Å². The van der Waals surface area contributed by atoms with Crippen LogP contribution in [0.4, 0.5) is 0 Å². The summed E-state index contributed by atoms with van der Waals surface area (Å²) in [7, 11) is 0. The van der Waals surface area contributed by atoms with Gasteiger partial charge >= 0.3 is 0 Å². The number of rotatable bonds is 5. The largest absolute Gasteiger partial charge is 0.543 e. The highest BCUT2D eigenvalue weighted by Crippen LogP contribution is 2.16. The highest BCUT2D eigenvalue weighted by molar-refractivity contribution is 5.99. The Labute approximate surface area is 88.3 Å². The maximum absolute atomic E-state index is 11.8. The SMILES string of the molecule is CCC(CC)C(=O)c1c[nH]c(C(=O)[O-])c1. The first-order valence-corrected chi connectivity index (χ1v) is 5.04. The molecule has 0 fully saturated rings. The van der Waals surface area contributed by atoms with Gasteiger partial charge in [-0.2, -0.15) is 0 Å². The molecule has 0 amide bonds. The number of carbonyl (C=O) groups excluding carboxylic acids is 2. The van der Waals surface area contributed by atoms with Gasteiger partial charge in [0, 0.05) is 17.7 Å². The molecule has 0 aromatic carbocycles. The van der Waals surface area contributed by atoms with E-state index in [9.17, 15) is 14.7 Å². The summed E-state index contributed by atoms with van der Waals surface area (Å²) >= 11 is 0. The number of carboxylic acid groups (broad SMARTS) is 1. The van der Waals surface area contributed by atoms with Crippen molar-refractivity contribution in [1.82, 2.24) is 4.98 Å². The third-order valence-electron chi connectivity index (χ3n) is 2.54. The van der Waals surface area contributed by atoms with E-state index in [0.29, 0.717) is 5.56 Å². The zero-order valence-electron chi connectivity index (χ0n) is 8.87. The number of aromatic nitrogens is 1. The Balaban J connectivity index is 2.86. The molecule has 0 aliphatic heterocycles. The monoisotopic (exact) mass is 208 g/mol. The van der Waals surface area contributed by atoms with E-state index in [1.54, 1.807) is 0 Å². The van der Waals surface area contributed by atoms with Gasteiger partial charge in [-0.3, -0.25) is 4.79 Å². The topological polar surface area (TPSA) is 73.0 Å². The summed E-state index contributed by atoms with van der Waals surface area (Å²) in [6.45, 7) is 3.89. The molecule has 1 rings (SSSR count). The summed E-state index contributed by atoms with van der Waals surface area (Å²) in [6.07, 6.45) is 2.95. The van der Waals surface area contributed by atoms with Gasteiger partial charge in [-0.15, -0.1) is 0 Å². The minimum Gasteiger partial charge on any atom is -0.543 e. The summed E-state index contributed by atoms with van der Waals surface area (Å²) in [5.74, 6) is -1.34. The van der Waals surface area contributed by atoms with Crippen molar-refractivity contribution in [3.05, 3.63) is 23.5 Å². The molecule has 0 saturated carbocycles. The van der Waals surface area contributed by atoms with Crippen molar-refractivity contribution in [2.75, 3.05) is 0 Å². The number of nitrogens with one attached hydrogen (secondary N) is 1. The van der Waals surface area contributed by atoms with Crippen molar-refractivity contribution in [3.8, 4) is 0 Å². The Morgan fingerprint density at radius 1 is 1.40 bits per heavy atom. The lowest BCUT2D eigenvalue weighted by atomic mass is 9.94. The molecule has 82 valence electrons. The average molecular weight is 208 g/mol. The number of ketones is 1. The number of aromatic carboxylic acids is 1. The van der Waals surface area contributed by atoms with Crippen molar-refractivity contribution >= 4 is 11.8 Å². The van der Waals surface area contributed by atoms with E-state index in [1.807, 2.05) is 13.8 Å². The van der Waals surface area contributed by atoms with Crippen molar-refractivity contribution < 1.29 is 14.7 Å². The zero-order valence-corrected chi connectivity index (χ0v) is 8.87. The molecule has 4 nitrogen and oxygen atoms in total. The lowest BCUT2D eigenvalue weighted by Gasteiger charge is -2.08. The quantitative estimate of drug-likeness (QED) is 0.733. The van der Waals surface area contributed by atoms with E-state index in [2.05, 4.69) is 4.98 Å². The number of carboxylic acids is 1. The Hall–Kier alpha value is -1.58. The summed E-state index contributed by atoms with van der Waals surface area (Å²) < 4.78 is 0. The van der Waals surface area contributed by atoms with Crippen molar-refractivity contribution in [2.45, 2.75) is 26.7 Å². The van der Waals surface area contributed by atoms with Gasteiger partial charge in [0.15, 0.2) is 5.78 Å². The molecule has 0 radical (unpaired) electrons. The molecule has 1 heterocycles. The van der Waals surface area contributed by atoms with Crippen molar-refractivity contribution in [3.63, 3.8) is 0 Å². The lowest BCUT2D eigenvalue weighted by Crippen LogP contribution is -2.22. The molecule has 0 saturated heterocycles. The fourth-order valence-electron chi connectivity index (χ4n) is 1.55. The van der Waals surface area contributed by atoms with Gasteiger partial charge in [-0.05, 0) is 18.9 Å². The van der Waals surface area contributed by atoms with E-state index < -0.39 is 5.97 Å². The molecular formula is C11H14NO3-. The van der Waals surface area contributed by atoms with Crippen LogP contribution in [0.2, 0.25) is 0 Å². The Morgan fingerprint density at radius 2 is 2.00 bits per heavy atom. The average Bonchev–Trinajstić information content (AvgIpc) is 2.68. The van der Waals surface area contributed by atoms with Crippen LogP contribution in [-0.2, 0) is 0 Å². The molecule has 1 aromatic rings. The maximum Gasteiger partial charge on any atom is 0.167 e. The van der Waals surface area contributed by atoms with Crippen LogP contribution >= 0.6 is 0 Å². The van der Waals surface area contributed by atoms with Crippen LogP contribution in [0.15, 0.2) is 12.3 Å². The fraction of sp³-hybridized carbons (Fsp3) is 0.455. The lowest BCUT2D eigenvalue weighted by molar-refractivity contribution is -0.255. The van der Waals surface area contributed by atoms with Crippen LogP contribution in [0.5, 0.6) is 0 Å². The van der Waals surface area contributed by atoms with E-state index >= 15 is 0 Å². The fourth-order valence-corrected chi connectivity index (χ4v) is 1.55. The van der Waals surface area contributed by atoms with Gasteiger partial charge in [0.2, 0.25) is 0 Å². The second-order valence-corrected chi connectivity index (χ2v) is 3.47. The maximum atomic E-state index is 11.8. The Bertz CT molecular complexity index is 364. The highest BCUT2D eigenvalue weighted by Gasteiger charge is 2.17. The third-order valence-corrected chi connectivity index (χ3v) is 2.54. The molecular weight excluding hydrogens is 194 g/mol. The first-order valence-electron chi connectivity index (χ1n) is 5.04. The predicted molar refractivity (Wildman–Crippen MR) is 53.5 cm³/mol. The van der Waals surface area contributed by atoms with Gasteiger partial charge in [0.1, 0.15) is 0 Å². The van der Waals surface area contributed by atoms with E-state index in [0.717, 1.165) is 12.8 Å². The summed E-state index contributed by atoms with van der Waals surface area (Å²) in [5.41, 5.74) is 0.368. The van der Waals surface area contributed by atoms with Crippen LogP contribution in [-0.4, -0.2) is 16.7 Å². The van der Waals surface area contributed by atoms with Crippen LogP contribution in [0.3, 0.4) is 0 Å². The van der Waals surface area contributed by atoms with Crippen LogP contribution < -0.4 is 5.11 Å². The molecule has 15 heavy (non-hydrogen) atoms. The van der Waals surface area contributed by atoms with E-state index in [4.69, 9.17) is 0 Å². The summed E-state index contributed by atoms with van der Waals surface area (Å²) in [5, 5.41) is 10.5. The smallest absolute Gasteiger partial charge is 0.167 e. The number of aromatic amines is 1. The van der Waals surface area contributed by atoms with Gasteiger partial charge in [0.05, 0.1) is 11.7 Å². The molecule has 4 heteroatoms. The molecule has 0 aliphatic carbocycles. The minimum absolute atomic E-state index is 0.0104.